The highest BCUT2D eigenvalue weighted by Gasteiger charge is 2.29. The first-order valence-corrected chi connectivity index (χ1v) is 11.9. The summed E-state index contributed by atoms with van der Waals surface area (Å²) in [7, 11) is 4.34. The van der Waals surface area contributed by atoms with Crippen molar-refractivity contribution in [2.75, 3.05) is 36.4 Å². The molecule has 0 unspecified atom stereocenters. The molecule has 2 aromatic heterocycles. The Kier molecular flexibility index (Phi) is 8.27. The van der Waals surface area contributed by atoms with Crippen LogP contribution >= 0.6 is 23.2 Å². The lowest BCUT2D eigenvalue weighted by Crippen LogP contribution is -2.39. The summed E-state index contributed by atoms with van der Waals surface area (Å²) in [6, 6.07) is 11.7. The van der Waals surface area contributed by atoms with Crippen molar-refractivity contribution in [1.82, 2.24) is 15.0 Å². The zero-order chi connectivity index (χ0) is 28.1. The van der Waals surface area contributed by atoms with Crippen LogP contribution in [0.4, 0.5) is 39.2 Å². The molecule has 0 saturated carbocycles. The van der Waals surface area contributed by atoms with E-state index < -0.39 is 11.0 Å². The third kappa shape index (κ3) is 5.61. The van der Waals surface area contributed by atoms with Crippen LogP contribution in [0.3, 0.4) is 0 Å². The molecule has 2 heterocycles. The Balaban J connectivity index is 1.79. The lowest BCUT2D eigenvalue weighted by atomic mass is 10.2. The quantitative estimate of drug-likeness (QED) is 0.193. The first-order valence-electron chi connectivity index (χ1n) is 11.2. The number of hydrogen-bond acceptors (Lipinski definition) is 9. The molecule has 0 atom stereocenters. The maximum atomic E-state index is 14.0. The van der Waals surface area contributed by atoms with Crippen molar-refractivity contribution < 1.29 is 19.2 Å². The van der Waals surface area contributed by atoms with Gasteiger partial charge >= 0.3 is 6.03 Å². The summed E-state index contributed by atoms with van der Waals surface area (Å²) in [6.45, 7) is 0. The van der Waals surface area contributed by atoms with Crippen LogP contribution in [0.5, 0.6) is 11.5 Å². The molecule has 0 aliphatic rings. The van der Waals surface area contributed by atoms with Crippen molar-refractivity contribution in [2.24, 2.45) is 0 Å². The number of pyridine rings is 1. The van der Waals surface area contributed by atoms with Crippen LogP contribution in [0, 0.1) is 10.1 Å². The second kappa shape index (κ2) is 11.8. The first kappa shape index (κ1) is 27.4. The average molecular weight is 570 g/mol. The summed E-state index contributed by atoms with van der Waals surface area (Å²) >= 11 is 13.1. The van der Waals surface area contributed by atoms with Gasteiger partial charge in [-0.3, -0.25) is 20.0 Å². The number of ether oxygens (including phenoxy) is 2. The molecule has 0 spiro atoms. The SMILES string of the molecule is COc1cc(OC)c(Cl)c(N(C)C(=O)N(c2ccncc2)c2cc(Nc3ccccc3[N+](=O)[O-])ncn2)c1Cl. The number of aromatic nitrogens is 3. The molecule has 39 heavy (non-hydrogen) atoms. The normalized spacial score (nSPS) is 10.5. The van der Waals surface area contributed by atoms with Gasteiger partial charge < -0.3 is 14.8 Å². The fraction of sp³-hybridized carbons (Fsp3) is 0.120. The maximum absolute atomic E-state index is 14.0. The van der Waals surface area contributed by atoms with Gasteiger partial charge in [-0.2, -0.15) is 0 Å². The Morgan fingerprint density at radius 1 is 1.00 bits per heavy atom. The number of amides is 2. The minimum atomic E-state index is -0.601. The zero-order valence-corrected chi connectivity index (χ0v) is 22.3. The molecule has 200 valence electrons. The first-order chi connectivity index (χ1) is 18.8. The van der Waals surface area contributed by atoms with Gasteiger partial charge in [-0.1, -0.05) is 35.3 Å². The molecular weight excluding hydrogens is 549 g/mol. The van der Waals surface area contributed by atoms with Crippen LogP contribution in [-0.4, -0.2) is 47.2 Å². The number of methoxy groups -OCH3 is 2. The minimum absolute atomic E-state index is 0.0928. The Morgan fingerprint density at radius 2 is 1.64 bits per heavy atom. The number of nitro groups is 1. The second-order valence-electron chi connectivity index (χ2n) is 7.80. The summed E-state index contributed by atoms with van der Waals surface area (Å²) in [6.07, 6.45) is 4.25. The van der Waals surface area contributed by atoms with Crippen LogP contribution in [0.2, 0.25) is 10.0 Å². The molecule has 0 fully saturated rings. The van der Waals surface area contributed by atoms with E-state index in [4.69, 9.17) is 32.7 Å². The molecule has 0 radical (unpaired) electrons. The number of rotatable bonds is 8. The molecule has 4 rings (SSSR count). The van der Waals surface area contributed by atoms with E-state index in [0.29, 0.717) is 5.69 Å². The number of anilines is 5. The fourth-order valence-corrected chi connectivity index (χ4v) is 4.42. The largest absolute Gasteiger partial charge is 0.495 e. The number of nitrogens with one attached hydrogen (secondary N) is 1. The molecule has 0 saturated heterocycles. The highest BCUT2D eigenvalue weighted by Crippen LogP contribution is 2.46. The Hall–Kier alpha value is -4.68. The van der Waals surface area contributed by atoms with Gasteiger partial charge in [-0.25, -0.2) is 19.7 Å². The van der Waals surface area contributed by atoms with Gasteiger partial charge in [0.15, 0.2) is 0 Å². The number of halogens is 2. The lowest BCUT2D eigenvalue weighted by molar-refractivity contribution is -0.383. The Morgan fingerprint density at radius 3 is 2.26 bits per heavy atom. The van der Waals surface area contributed by atoms with E-state index in [2.05, 4.69) is 20.3 Å². The topological polar surface area (TPSA) is 136 Å². The molecule has 4 aromatic rings. The number of urea groups is 1. The van der Waals surface area contributed by atoms with Crippen molar-refractivity contribution in [3.63, 3.8) is 0 Å². The van der Waals surface area contributed by atoms with Gasteiger partial charge in [-0.15, -0.1) is 0 Å². The highest BCUT2D eigenvalue weighted by molar-refractivity contribution is 6.42. The van der Waals surface area contributed by atoms with Crippen molar-refractivity contribution >= 4 is 63.6 Å². The van der Waals surface area contributed by atoms with Crippen molar-refractivity contribution in [2.45, 2.75) is 0 Å². The summed E-state index contributed by atoms with van der Waals surface area (Å²) in [5.74, 6) is 0.862. The van der Waals surface area contributed by atoms with E-state index in [1.54, 1.807) is 30.3 Å². The van der Waals surface area contributed by atoms with Crippen molar-refractivity contribution in [1.29, 1.82) is 0 Å². The van der Waals surface area contributed by atoms with Crippen molar-refractivity contribution in [3.8, 4) is 11.5 Å². The molecule has 0 aliphatic heterocycles. The lowest BCUT2D eigenvalue weighted by Gasteiger charge is -2.29. The number of carbonyl (C=O) groups excluding carboxylic acids is 1. The number of nitro benzene ring substituents is 1. The van der Waals surface area contributed by atoms with E-state index in [1.165, 1.54) is 68.0 Å². The molecule has 0 bridgehead atoms. The van der Waals surface area contributed by atoms with Crippen LogP contribution in [0.1, 0.15) is 0 Å². The van der Waals surface area contributed by atoms with E-state index in [-0.39, 0.29) is 50.2 Å². The number of hydrogen-bond donors (Lipinski definition) is 1. The molecule has 0 aliphatic carbocycles. The van der Waals surface area contributed by atoms with Gasteiger partial charge in [0.1, 0.15) is 45.2 Å². The molecule has 2 aromatic carbocycles. The Labute approximate surface area is 232 Å². The predicted octanol–water partition coefficient (Wildman–Crippen LogP) is 6.24. The molecule has 14 heteroatoms. The van der Waals surface area contributed by atoms with Gasteiger partial charge in [-0.05, 0) is 18.2 Å². The molecule has 2 amide bonds. The standard InChI is InChI=1S/C25H21Cl2N7O5/c1-32(24-22(26)18(38-2)12-19(39-3)23(24)27)25(35)33(15-8-10-28-11-9-15)21-13-20(29-14-30-21)31-16-6-4-5-7-17(16)34(36)37/h4-14H,1-3H3,(H,29,30,31). The van der Waals surface area contributed by atoms with Gasteiger partial charge in [0.05, 0.1) is 30.5 Å². The van der Waals surface area contributed by atoms with Crippen LogP contribution < -0.4 is 24.6 Å². The van der Waals surface area contributed by atoms with E-state index in [9.17, 15) is 14.9 Å². The number of carbonyl (C=O) groups is 1. The molecule has 12 nitrogen and oxygen atoms in total. The van der Waals surface area contributed by atoms with Gasteiger partial charge in [0.25, 0.3) is 5.69 Å². The number of benzene rings is 2. The third-order valence-corrected chi connectivity index (χ3v) is 6.26. The number of nitrogens with zero attached hydrogens (tertiary/aromatic N) is 6. The average Bonchev–Trinajstić information content (AvgIpc) is 2.94. The summed E-state index contributed by atoms with van der Waals surface area (Å²) in [4.78, 5) is 39.9. The van der Waals surface area contributed by atoms with Crippen LogP contribution in [0.25, 0.3) is 0 Å². The highest BCUT2D eigenvalue weighted by atomic mass is 35.5. The maximum Gasteiger partial charge on any atom is 0.334 e. The fourth-order valence-electron chi connectivity index (χ4n) is 3.66. The molecule has 1 N–H and O–H groups in total. The zero-order valence-electron chi connectivity index (χ0n) is 20.8. The smallest absolute Gasteiger partial charge is 0.334 e. The van der Waals surface area contributed by atoms with E-state index >= 15 is 0 Å². The summed E-state index contributed by atoms with van der Waals surface area (Å²) < 4.78 is 10.7. The van der Waals surface area contributed by atoms with Gasteiger partial charge in [0, 0.05) is 37.6 Å². The van der Waals surface area contributed by atoms with Gasteiger partial charge in [0.2, 0.25) is 0 Å². The number of para-hydroxylation sites is 2. The van der Waals surface area contributed by atoms with Crippen molar-refractivity contribution in [3.05, 3.63) is 87.4 Å². The molecular formula is C25H21Cl2N7O5. The van der Waals surface area contributed by atoms with E-state index in [0.717, 1.165) is 0 Å². The summed E-state index contributed by atoms with van der Waals surface area (Å²) in [5.41, 5.74) is 0.633. The van der Waals surface area contributed by atoms with E-state index in [1.807, 2.05) is 0 Å². The Bertz CT molecular complexity index is 1500. The van der Waals surface area contributed by atoms with Crippen LogP contribution in [0.15, 0.2) is 67.3 Å². The monoisotopic (exact) mass is 569 g/mol. The summed E-state index contributed by atoms with van der Waals surface area (Å²) in [5, 5.41) is 14.5. The van der Waals surface area contributed by atoms with Crippen LogP contribution in [-0.2, 0) is 0 Å². The predicted molar refractivity (Wildman–Crippen MR) is 148 cm³/mol. The second-order valence-corrected chi connectivity index (χ2v) is 8.56. The third-order valence-electron chi connectivity index (χ3n) is 5.53. The minimum Gasteiger partial charge on any atom is -0.495 e.